The number of hydrogen-bond acceptors (Lipinski definition) is 3. The molecule has 12 heavy (non-hydrogen) atoms. The Morgan fingerprint density at radius 2 is 1.17 bits per heavy atom. The Balaban J connectivity index is -0.0000000419. The van der Waals surface area contributed by atoms with Gasteiger partial charge in [0.1, 0.15) is 0 Å². The van der Waals surface area contributed by atoms with Crippen LogP contribution >= 0.6 is 0 Å². The standard InChI is InChI=1S/C4H10O.C3H8O.CH4O.H2O/c1-2-3-4-5;1-2-3-4;1-2;/h5H,2-4H2,1H3;4H,2-3H2,1H3;2H,1H3;1H2. The average molecular weight is 184 g/mol. The summed E-state index contributed by atoms with van der Waals surface area (Å²) in [7, 11) is 1.00. The molecule has 0 saturated carbocycles. The molecule has 80 valence electrons. The van der Waals surface area contributed by atoms with Gasteiger partial charge in [0, 0.05) is 20.3 Å². The Morgan fingerprint density at radius 1 is 0.833 bits per heavy atom. The Morgan fingerprint density at radius 3 is 1.17 bits per heavy atom. The summed E-state index contributed by atoms with van der Waals surface area (Å²) < 4.78 is 0. The van der Waals surface area contributed by atoms with Crippen molar-refractivity contribution < 1.29 is 20.8 Å². The number of unbranched alkanes of at least 4 members (excludes halogenated alkanes) is 1. The Kier molecular flexibility index (Phi) is 84.5. The summed E-state index contributed by atoms with van der Waals surface area (Å²) >= 11 is 0. The quantitative estimate of drug-likeness (QED) is 0.574. The van der Waals surface area contributed by atoms with Crippen LogP contribution in [0.3, 0.4) is 0 Å². The molecule has 0 aliphatic carbocycles. The largest absolute Gasteiger partial charge is 0.412 e. The van der Waals surface area contributed by atoms with Crippen LogP contribution < -0.4 is 0 Å². The molecule has 0 aromatic heterocycles. The van der Waals surface area contributed by atoms with Crippen molar-refractivity contribution in [2.75, 3.05) is 20.3 Å². The van der Waals surface area contributed by atoms with E-state index >= 15 is 0 Å². The molecule has 4 heteroatoms. The second-order valence-corrected chi connectivity index (χ2v) is 1.80. The smallest absolute Gasteiger partial charge is 0.0430 e. The summed E-state index contributed by atoms with van der Waals surface area (Å²) in [5, 5.41) is 22.9. The maximum absolute atomic E-state index is 8.07. The van der Waals surface area contributed by atoms with Gasteiger partial charge in [-0.15, -0.1) is 0 Å². The van der Waals surface area contributed by atoms with E-state index in [0.717, 1.165) is 26.4 Å². The van der Waals surface area contributed by atoms with Crippen LogP contribution in [0.4, 0.5) is 0 Å². The Bertz CT molecular complexity index is 30.2. The SMILES string of the molecule is CCCCO.CCCO.CO.O. The number of hydrogen-bond donors (Lipinski definition) is 3. The van der Waals surface area contributed by atoms with Gasteiger partial charge in [-0.05, 0) is 12.8 Å². The summed E-state index contributed by atoms with van der Waals surface area (Å²) in [5.74, 6) is 0. The van der Waals surface area contributed by atoms with Crippen molar-refractivity contribution in [1.82, 2.24) is 0 Å². The highest BCUT2D eigenvalue weighted by molar-refractivity contribution is 4.23. The van der Waals surface area contributed by atoms with Crippen LogP contribution in [-0.4, -0.2) is 41.1 Å². The predicted molar refractivity (Wildman–Crippen MR) is 51.1 cm³/mol. The van der Waals surface area contributed by atoms with Crippen molar-refractivity contribution in [2.24, 2.45) is 0 Å². The van der Waals surface area contributed by atoms with E-state index in [1.54, 1.807) is 0 Å². The zero-order chi connectivity index (χ0) is 9.54. The van der Waals surface area contributed by atoms with Crippen LogP contribution in [0.2, 0.25) is 0 Å². The van der Waals surface area contributed by atoms with E-state index in [1.807, 2.05) is 6.92 Å². The van der Waals surface area contributed by atoms with E-state index in [-0.39, 0.29) is 5.48 Å². The lowest BCUT2D eigenvalue weighted by Crippen LogP contribution is -1.75. The number of aliphatic hydroxyl groups excluding tert-OH is 3. The molecule has 0 atom stereocenters. The van der Waals surface area contributed by atoms with Crippen molar-refractivity contribution in [1.29, 1.82) is 0 Å². The molecule has 0 fully saturated rings. The third-order valence-corrected chi connectivity index (χ3v) is 0.735. The molecule has 0 aliphatic heterocycles. The van der Waals surface area contributed by atoms with Gasteiger partial charge in [-0.3, -0.25) is 0 Å². The molecule has 4 nitrogen and oxygen atoms in total. The first-order valence-corrected chi connectivity index (χ1v) is 3.99. The topological polar surface area (TPSA) is 92.2 Å². The third kappa shape index (κ3) is 95.3. The molecular weight excluding hydrogens is 160 g/mol. The Hall–Kier alpha value is -0.160. The van der Waals surface area contributed by atoms with Crippen molar-refractivity contribution >= 4 is 0 Å². The molecule has 0 radical (unpaired) electrons. The maximum Gasteiger partial charge on any atom is 0.0430 e. The second-order valence-electron chi connectivity index (χ2n) is 1.80. The minimum absolute atomic E-state index is 0. The van der Waals surface area contributed by atoms with Gasteiger partial charge in [-0.1, -0.05) is 20.3 Å². The summed E-state index contributed by atoms with van der Waals surface area (Å²) in [6.07, 6.45) is 2.91. The van der Waals surface area contributed by atoms with Crippen LogP contribution in [-0.2, 0) is 0 Å². The highest BCUT2D eigenvalue weighted by Gasteiger charge is 1.69. The summed E-state index contributed by atoms with van der Waals surface area (Å²) in [6.45, 7) is 4.65. The minimum Gasteiger partial charge on any atom is -0.412 e. The van der Waals surface area contributed by atoms with E-state index in [9.17, 15) is 0 Å². The van der Waals surface area contributed by atoms with Crippen LogP contribution in [0, 0.1) is 0 Å². The van der Waals surface area contributed by atoms with E-state index in [2.05, 4.69) is 6.92 Å². The molecule has 0 unspecified atom stereocenters. The monoisotopic (exact) mass is 184 g/mol. The van der Waals surface area contributed by atoms with Crippen LogP contribution in [0.15, 0.2) is 0 Å². The molecule has 0 aliphatic rings. The summed E-state index contributed by atoms with van der Waals surface area (Å²) in [5.41, 5.74) is 0. The predicted octanol–water partition coefficient (Wildman–Crippen LogP) is -0.0487. The summed E-state index contributed by atoms with van der Waals surface area (Å²) in [4.78, 5) is 0. The van der Waals surface area contributed by atoms with Gasteiger partial charge in [0.15, 0.2) is 0 Å². The molecule has 0 amide bonds. The molecule has 0 saturated heterocycles. The first-order valence-electron chi connectivity index (χ1n) is 3.99. The lowest BCUT2D eigenvalue weighted by Gasteiger charge is -1.79. The van der Waals surface area contributed by atoms with Gasteiger partial charge in [-0.25, -0.2) is 0 Å². The van der Waals surface area contributed by atoms with Crippen molar-refractivity contribution in [3.63, 3.8) is 0 Å². The number of rotatable bonds is 3. The average Bonchev–Trinajstić information content (AvgIpc) is 2.10. The van der Waals surface area contributed by atoms with E-state index in [1.165, 1.54) is 0 Å². The second kappa shape index (κ2) is 44.8. The Labute approximate surface area is 75.2 Å². The molecule has 0 bridgehead atoms. The third-order valence-electron chi connectivity index (χ3n) is 0.735. The molecule has 0 heterocycles. The molecule has 0 spiro atoms. The van der Waals surface area contributed by atoms with Gasteiger partial charge in [0.25, 0.3) is 0 Å². The zero-order valence-electron chi connectivity index (χ0n) is 8.38. The fourth-order valence-corrected chi connectivity index (χ4v) is 0.158. The number of aliphatic hydroxyl groups is 3. The first kappa shape index (κ1) is 22.6. The molecular formula is C8H24O4. The highest BCUT2D eigenvalue weighted by atomic mass is 16.3. The van der Waals surface area contributed by atoms with Crippen LogP contribution in [0.5, 0.6) is 0 Å². The molecule has 0 rings (SSSR count). The van der Waals surface area contributed by atoms with Crippen molar-refractivity contribution in [2.45, 2.75) is 33.1 Å². The van der Waals surface area contributed by atoms with Gasteiger partial charge in [-0.2, -0.15) is 0 Å². The van der Waals surface area contributed by atoms with Crippen molar-refractivity contribution in [3.05, 3.63) is 0 Å². The fraction of sp³-hybridized carbons (Fsp3) is 1.00. The molecule has 0 aromatic carbocycles. The molecule has 5 N–H and O–H groups in total. The van der Waals surface area contributed by atoms with Crippen LogP contribution in [0.1, 0.15) is 33.1 Å². The van der Waals surface area contributed by atoms with Crippen molar-refractivity contribution in [3.8, 4) is 0 Å². The van der Waals surface area contributed by atoms with Gasteiger partial charge in [0.05, 0.1) is 0 Å². The lowest BCUT2D eigenvalue weighted by molar-refractivity contribution is 0.287. The maximum atomic E-state index is 8.07. The van der Waals surface area contributed by atoms with E-state index < -0.39 is 0 Å². The fourth-order valence-electron chi connectivity index (χ4n) is 0.158. The zero-order valence-corrected chi connectivity index (χ0v) is 8.38. The van der Waals surface area contributed by atoms with Gasteiger partial charge < -0.3 is 20.8 Å². The normalized spacial score (nSPS) is 6.50. The molecule has 0 aromatic rings. The van der Waals surface area contributed by atoms with E-state index in [0.29, 0.717) is 13.2 Å². The lowest BCUT2D eigenvalue weighted by atomic mass is 10.4. The summed E-state index contributed by atoms with van der Waals surface area (Å²) in [6, 6.07) is 0. The first-order chi connectivity index (χ1) is 5.33. The highest BCUT2D eigenvalue weighted by Crippen LogP contribution is 1.78. The van der Waals surface area contributed by atoms with Crippen LogP contribution in [0.25, 0.3) is 0 Å². The van der Waals surface area contributed by atoms with E-state index in [4.69, 9.17) is 15.3 Å². The van der Waals surface area contributed by atoms with Gasteiger partial charge >= 0.3 is 0 Å². The van der Waals surface area contributed by atoms with Gasteiger partial charge in [0.2, 0.25) is 0 Å². The minimum atomic E-state index is 0.